The van der Waals surface area contributed by atoms with E-state index in [9.17, 15) is 0 Å². The van der Waals surface area contributed by atoms with Crippen molar-refractivity contribution in [1.82, 2.24) is 25.4 Å². The molecule has 9 heteroatoms. The number of guanidine groups is 1. The number of hydrogen-bond donors (Lipinski definition) is 2. The minimum atomic E-state index is 0. The van der Waals surface area contributed by atoms with E-state index in [1.165, 1.54) is 5.56 Å². The Balaban J connectivity index is 0.00000450. The number of aryl methyl sites for hydroxylation is 2. The fraction of sp³-hybridized carbons (Fsp3) is 0.571. The Morgan fingerprint density at radius 3 is 2.60 bits per heavy atom. The molecule has 0 saturated heterocycles. The van der Waals surface area contributed by atoms with Gasteiger partial charge in [-0.05, 0) is 45.7 Å². The van der Waals surface area contributed by atoms with Crippen LogP contribution in [0.5, 0.6) is 5.75 Å². The second kappa shape index (κ2) is 13.4. The first kappa shape index (κ1) is 26.2. The second-order valence-corrected chi connectivity index (χ2v) is 7.29. The lowest BCUT2D eigenvalue weighted by Gasteiger charge is -2.15. The van der Waals surface area contributed by atoms with Crippen LogP contribution in [0.15, 0.2) is 23.2 Å². The zero-order valence-corrected chi connectivity index (χ0v) is 21.2. The minimum absolute atomic E-state index is 0. The predicted octanol–water partition coefficient (Wildman–Crippen LogP) is 3.11. The molecule has 1 aromatic carbocycles. The van der Waals surface area contributed by atoms with E-state index in [0.717, 1.165) is 41.9 Å². The van der Waals surface area contributed by atoms with Crippen LogP contribution in [0.3, 0.4) is 0 Å². The fourth-order valence-electron chi connectivity index (χ4n) is 2.69. The fourth-order valence-corrected chi connectivity index (χ4v) is 2.69. The summed E-state index contributed by atoms with van der Waals surface area (Å²) in [6.07, 6.45) is 1.01. The number of rotatable bonds is 10. The zero-order chi connectivity index (χ0) is 21.2. The first-order chi connectivity index (χ1) is 13.9. The van der Waals surface area contributed by atoms with Crippen molar-refractivity contribution in [3.8, 4) is 5.75 Å². The van der Waals surface area contributed by atoms with Gasteiger partial charge in [-0.1, -0.05) is 12.1 Å². The molecular formula is C21H35IN6O2. The lowest BCUT2D eigenvalue weighted by atomic mass is 10.1. The maximum absolute atomic E-state index is 5.97. The minimum Gasteiger partial charge on any atom is -0.491 e. The first-order valence-electron chi connectivity index (χ1n) is 10.0. The van der Waals surface area contributed by atoms with Crippen LogP contribution in [0.1, 0.15) is 43.0 Å². The third-order valence-electron chi connectivity index (χ3n) is 4.41. The van der Waals surface area contributed by atoms with E-state index in [1.54, 1.807) is 7.11 Å². The summed E-state index contributed by atoms with van der Waals surface area (Å²) in [5, 5.41) is 15.0. The molecule has 0 saturated carbocycles. The summed E-state index contributed by atoms with van der Waals surface area (Å²) in [7, 11) is 3.66. The molecule has 1 aromatic heterocycles. The molecule has 30 heavy (non-hydrogen) atoms. The molecule has 1 heterocycles. The summed E-state index contributed by atoms with van der Waals surface area (Å²) in [4.78, 5) is 4.76. The normalized spacial score (nSPS) is 11.4. The number of nitrogens with zero attached hydrogens (tertiary/aromatic N) is 4. The molecule has 0 unspecified atom stereocenters. The lowest BCUT2D eigenvalue weighted by molar-refractivity contribution is 0.195. The monoisotopic (exact) mass is 530 g/mol. The molecule has 0 aliphatic carbocycles. The smallest absolute Gasteiger partial charge is 0.191 e. The number of benzene rings is 1. The van der Waals surface area contributed by atoms with Gasteiger partial charge >= 0.3 is 0 Å². The highest BCUT2D eigenvalue weighted by molar-refractivity contribution is 14.0. The van der Waals surface area contributed by atoms with Gasteiger partial charge in [0.2, 0.25) is 0 Å². The van der Waals surface area contributed by atoms with Gasteiger partial charge in [-0.15, -0.1) is 34.2 Å². The average molecular weight is 530 g/mol. The van der Waals surface area contributed by atoms with Crippen LogP contribution in [0.2, 0.25) is 0 Å². The third kappa shape index (κ3) is 8.47. The molecule has 0 bridgehead atoms. The molecule has 0 atom stereocenters. The van der Waals surface area contributed by atoms with Gasteiger partial charge in [-0.2, -0.15) is 0 Å². The van der Waals surface area contributed by atoms with Crippen LogP contribution in [0.25, 0.3) is 0 Å². The van der Waals surface area contributed by atoms with E-state index in [1.807, 2.05) is 32.4 Å². The summed E-state index contributed by atoms with van der Waals surface area (Å²) in [6.45, 7) is 10.6. The van der Waals surface area contributed by atoms with Crippen LogP contribution < -0.4 is 15.4 Å². The molecule has 2 rings (SSSR count). The number of aromatic nitrogens is 3. The molecule has 0 amide bonds. The Hall–Kier alpha value is -1.88. The van der Waals surface area contributed by atoms with Crippen molar-refractivity contribution in [2.75, 3.05) is 20.3 Å². The van der Waals surface area contributed by atoms with Crippen molar-refractivity contribution in [2.45, 2.75) is 53.3 Å². The largest absolute Gasteiger partial charge is 0.491 e. The SMILES string of the molecule is COCCCNC(=NCc1ccc(C)cc1OC(C)C)NCc1nnc(C)n1C.I. The number of ether oxygens (including phenoxy) is 2. The van der Waals surface area contributed by atoms with E-state index in [2.05, 4.69) is 46.0 Å². The van der Waals surface area contributed by atoms with Gasteiger partial charge in [0.05, 0.1) is 19.2 Å². The van der Waals surface area contributed by atoms with Gasteiger partial charge in [0, 0.05) is 32.9 Å². The molecule has 0 radical (unpaired) electrons. The van der Waals surface area contributed by atoms with Crippen molar-refractivity contribution in [3.05, 3.63) is 41.0 Å². The highest BCUT2D eigenvalue weighted by Gasteiger charge is 2.09. The van der Waals surface area contributed by atoms with Gasteiger partial charge < -0.3 is 24.7 Å². The van der Waals surface area contributed by atoms with Gasteiger partial charge in [0.1, 0.15) is 11.6 Å². The van der Waals surface area contributed by atoms with Crippen LogP contribution in [-0.4, -0.2) is 47.1 Å². The molecule has 2 aromatic rings. The number of aliphatic imine (C=N–C) groups is 1. The number of nitrogens with one attached hydrogen (secondary N) is 2. The molecular weight excluding hydrogens is 495 g/mol. The zero-order valence-electron chi connectivity index (χ0n) is 18.9. The Morgan fingerprint density at radius 2 is 1.97 bits per heavy atom. The highest BCUT2D eigenvalue weighted by Crippen LogP contribution is 2.22. The van der Waals surface area contributed by atoms with Crippen LogP contribution in [0, 0.1) is 13.8 Å². The summed E-state index contributed by atoms with van der Waals surface area (Å²) < 4.78 is 13.1. The highest BCUT2D eigenvalue weighted by atomic mass is 127. The molecule has 0 fully saturated rings. The number of hydrogen-bond acceptors (Lipinski definition) is 5. The molecule has 0 spiro atoms. The van der Waals surface area contributed by atoms with E-state index >= 15 is 0 Å². The summed E-state index contributed by atoms with van der Waals surface area (Å²) in [5.74, 6) is 3.33. The van der Waals surface area contributed by atoms with Gasteiger partial charge in [0.15, 0.2) is 11.8 Å². The van der Waals surface area contributed by atoms with E-state index in [-0.39, 0.29) is 30.1 Å². The summed E-state index contributed by atoms with van der Waals surface area (Å²) in [5.41, 5.74) is 2.22. The number of methoxy groups -OCH3 is 1. The van der Waals surface area contributed by atoms with Gasteiger partial charge in [0.25, 0.3) is 0 Å². The van der Waals surface area contributed by atoms with Crippen molar-refractivity contribution >= 4 is 29.9 Å². The van der Waals surface area contributed by atoms with Crippen LogP contribution in [-0.2, 0) is 24.9 Å². The van der Waals surface area contributed by atoms with Gasteiger partial charge in [-0.3, -0.25) is 0 Å². The molecule has 8 nitrogen and oxygen atoms in total. The Morgan fingerprint density at radius 1 is 1.20 bits per heavy atom. The molecule has 0 aliphatic heterocycles. The average Bonchev–Trinajstić information content (AvgIpc) is 2.99. The maximum Gasteiger partial charge on any atom is 0.191 e. The van der Waals surface area contributed by atoms with Crippen LogP contribution in [0.4, 0.5) is 0 Å². The molecule has 0 aliphatic rings. The molecule has 2 N–H and O–H groups in total. The Bertz CT molecular complexity index is 807. The quantitative estimate of drug-likeness (QED) is 0.213. The van der Waals surface area contributed by atoms with E-state index in [4.69, 9.17) is 14.5 Å². The first-order valence-corrected chi connectivity index (χ1v) is 10.0. The Labute approximate surface area is 196 Å². The topological polar surface area (TPSA) is 85.6 Å². The van der Waals surface area contributed by atoms with E-state index in [0.29, 0.717) is 19.7 Å². The van der Waals surface area contributed by atoms with Gasteiger partial charge in [-0.25, -0.2) is 4.99 Å². The second-order valence-electron chi connectivity index (χ2n) is 7.29. The van der Waals surface area contributed by atoms with E-state index < -0.39 is 0 Å². The Kier molecular flexibility index (Phi) is 11.7. The van der Waals surface area contributed by atoms with Crippen molar-refractivity contribution in [2.24, 2.45) is 12.0 Å². The lowest BCUT2D eigenvalue weighted by Crippen LogP contribution is -2.38. The van der Waals surface area contributed by atoms with Crippen molar-refractivity contribution < 1.29 is 9.47 Å². The van der Waals surface area contributed by atoms with Crippen molar-refractivity contribution in [1.29, 1.82) is 0 Å². The third-order valence-corrected chi connectivity index (χ3v) is 4.41. The molecule has 168 valence electrons. The summed E-state index contributed by atoms with van der Waals surface area (Å²) in [6, 6.07) is 6.22. The number of halogens is 1. The standard InChI is InChI=1S/C21H34N6O2.HI/c1-15(2)29-19-12-16(3)8-9-18(19)13-23-21(22-10-7-11-28-6)24-14-20-26-25-17(4)27(20)5;/h8-9,12,15H,7,10-11,13-14H2,1-6H3,(H2,22,23,24);1H. The van der Waals surface area contributed by atoms with Crippen molar-refractivity contribution in [3.63, 3.8) is 0 Å². The summed E-state index contributed by atoms with van der Waals surface area (Å²) >= 11 is 0. The predicted molar refractivity (Wildman–Crippen MR) is 131 cm³/mol. The van der Waals surface area contributed by atoms with Crippen LogP contribution >= 0.6 is 24.0 Å². The maximum atomic E-state index is 5.97.